The molecule has 26 heavy (non-hydrogen) atoms. The fourth-order valence-electron chi connectivity index (χ4n) is 2.28. The number of aromatic nitrogens is 2. The number of rotatable bonds is 7. The summed E-state index contributed by atoms with van der Waals surface area (Å²) in [6.07, 6.45) is 4.38. The van der Waals surface area contributed by atoms with Crippen LogP contribution in [0.3, 0.4) is 0 Å². The second-order valence-corrected chi connectivity index (χ2v) is 7.90. The minimum atomic E-state index is -3.29. The zero-order valence-electron chi connectivity index (χ0n) is 13.8. The van der Waals surface area contributed by atoms with Crippen molar-refractivity contribution in [1.29, 1.82) is 0 Å². The Hall–Kier alpha value is -2.47. The molecule has 0 unspecified atom stereocenters. The lowest BCUT2D eigenvalue weighted by molar-refractivity contribution is 0.559. The summed E-state index contributed by atoms with van der Waals surface area (Å²) < 4.78 is 39.5. The van der Waals surface area contributed by atoms with Gasteiger partial charge in [-0.1, -0.05) is 24.3 Å². The Labute approximate surface area is 150 Å². The van der Waals surface area contributed by atoms with Gasteiger partial charge < -0.3 is 0 Å². The Morgan fingerprint density at radius 3 is 1.73 bits per heavy atom. The van der Waals surface area contributed by atoms with Gasteiger partial charge in [-0.05, 0) is 35.4 Å². The van der Waals surface area contributed by atoms with E-state index in [2.05, 4.69) is 20.1 Å². The van der Waals surface area contributed by atoms with Gasteiger partial charge in [-0.15, -0.1) is 0 Å². The van der Waals surface area contributed by atoms with Crippen LogP contribution in [0.2, 0.25) is 0 Å². The van der Waals surface area contributed by atoms with Crippen molar-refractivity contribution in [3.8, 4) is 0 Å². The van der Waals surface area contributed by atoms with E-state index in [4.69, 9.17) is 0 Å². The highest BCUT2D eigenvalue weighted by Crippen LogP contribution is 2.34. The monoisotopic (exact) mass is 374 g/mol. The molecule has 0 fully saturated rings. The van der Waals surface area contributed by atoms with Crippen LogP contribution in [0, 0.1) is 11.6 Å². The van der Waals surface area contributed by atoms with E-state index in [1.165, 1.54) is 42.9 Å². The summed E-state index contributed by atoms with van der Waals surface area (Å²) in [5.41, 5.74) is 1.84. The fraction of sp³-hybridized carbons (Fsp3) is 0.111. The lowest BCUT2D eigenvalue weighted by Crippen LogP contribution is -2.31. The summed E-state index contributed by atoms with van der Waals surface area (Å²) in [6, 6.07) is 11.8. The Bertz CT molecular complexity index is 836. The first-order valence-corrected chi connectivity index (χ1v) is 9.62. The van der Waals surface area contributed by atoms with Crippen molar-refractivity contribution in [2.45, 2.75) is 13.1 Å². The number of hydrogen-bond acceptors (Lipinski definition) is 3. The summed E-state index contributed by atoms with van der Waals surface area (Å²) in [6.45, 7) is 0.509. The van der Waals surface area contributed by atoms with Crippen molar-refractivity contribution in [3.05, 3.63) is 89.9 Å². The third kappa shape index (κ3) is 4.79. The van der Waals surface area contributed by atoms with Crippen molar-refractivity contribution in [2.24, 2.45) is 0 Å². The highest BCUT2D eigenvalue weighted by atomic mass is 31.2. The average Bonchev–Trinajstić information content (AvgIpc) is 2.68. The molecular weight excluding hydrogens is 357 g/mol. The second kappa shape index (κ2) is 8.27. The van der Waals surface area contributed by atoms with Crippen molar-refractivity contribution >= 4 is 12.9 Å². The molecule has 2 N–H and O–H groups in total. The van der Waals surface area contributed by atoms with Crippen LogP contribution >= 0.6 is 7.44 Å². The van der Waals surface area contributed by atoms with Gasteiger partial charge in [-0.25, -0.2) is 23.9 Å². The minimum absolute atomic E-state index is 0.255. The minimum Gasteiger partial charge on any atom is -0.282 e. The molecule has 3 rings (SSSR count). The van der Waals surface area contributed by atoms with E-state index in [1.54, 1.807) is 24.3 Å². The number of benzene rings is 2. The van der Waals surface area contributed by atoms with Gasteiger partial charge in [0.15, 0.2) is 0 Å². The highest BCUT2D eigenvalue weighted by Gasteiger charge is 2.25. The maximum Gasteiger partial charge on any atom is 0.260 e. The van der Waals surface area contributed by atoms with Gasteiger partial charge in [0.05, 0.1) is 6.20 Å². The zero-order chi connectivity index (χ0) is 18.4. The standard InChI is InChI=1S/C18H17F2N4OP/c19-16-5-1-14(2-6-16)11-23-26(25,18-13-21-9-10-22-18)24-12-15-3-7-17(20)8-4-15/h1-10,13H,11-12H2,(H2,23,24,25). The first-order valence-electron chi connectivity index (χ1n) is 7.91. The second-order valence-electron chi connectivity index (χ2n) is 5.60. The number of nitrogens with one attached hydrogen (secondary N) is 2. The highest BCUT2D eigenvalue weighted by molar-refractivity contribution is 7.67. The van der Waals surface area contributed by atoms with Crippen molar-refractivity contribution in [2.75, 3.05) is 0 Å². The van der Waals surface area contributed by atoms with E-state index < -0.39 is 7.44 Å². The largest absolute Gasteiger partial charge is 0.282 e. The average molecular weight is 374 g/mol. The van der Waals surface area contributed by atoms with Crippen LogP contribution in [-0.4, -0.2) is 9.97 Å². The molecule has 0 radical (unpaired) electrons. The Kier molecular flexibility index (Phi) is 5.83. The molecule has 0 spiro atoms. The van der Waals surface area contributed by atoms with Crippen LogP contribution in [0.1, 0.15) is 11.1 Å². The van der Waals surface area contributed by atoms with Gasteiger partial charge in [0, 0.05) is 25.5 Å². The molecule has 3 aromatic rings. The normalized spacial score (nSPS) is 11.5. The third-order valence-corrected chi connectivity index (χ3v) is 5.79. The molecule has 0 aliphatic heterocycles. The molecule has 134 valence electrons. The number of nitrogens with zero attached hydrogens (tertiary/aromatic N) is 2. The van der Waals surface area contributed by atoms with Gasteiger partial charge in [-0.2, -0.15) is 0 Å². The zero-order valence-corrected chi connectivity index (χ0v) is 14.7. The molecule has 2 aromatic carbocycles. The summed E-state index contributed by atoms with van der Waals surface area (Å²) in [7, 11) is -3.29. The molecule has 0 bridgehead atoms. The smallest absolute Gasteiger partial charge is 0.260 e. The lowest BCUT2D eigenvalue weighted by atomic mass is 10.2. The molecular formula is C18H17F2N4OP. The molecule has 1 heterocycles. The molecule has 0 saturated carbocycles. The summed E-state index contributed by atoms with van der Waals surface area (Å²) in [5.74, 6) is -0.666. The Morgan fingerprint density at radius 1 is 0.808 bits per heavy atom. The molecule has 0 aliphatic rings. The van der Waals surface area contributed by atoms with Crippen LogP contribution in [0.5, 0.6) is 0 Å². The first-order chi connectivity index (χ1) is 12.5. The van der Waals surface area contributed by atoms with Crippen molar-refractivity contribution in [3.63, 3.8) is 0 Å². The molecule has 8 heteroatoms. The predicted molar refractivity (Wildman–Crippen MR) is 95.8 cm³/mol. The predicted octanol–water partition coefficient (Wildman–Crippen LogP) is 3.15. The van der Waals surface area contributed by atoms with E-state index in [-0.39, 0.29) is 30.2 Å². The summed E-state index contributed by atoms with van der Waals surface area (Å²) in [5, 5.41) is 5.95. The quantitative estimate of drug-likeness (QED) is 0.622. The molecule has 0 amide bonds. The van der Waals surface area contributed by atoms with Crippen LogP contribution in [0.15, 0.2) is 67.1 Å². The lowest BCUT2D eigenvalue weighted by Gasteiger charge is -2.20. The topological polar surface area (TPSA) is 66.9 Å². The van der Waals surface area contributed by atoms with Crippen LogP contribution < -0.4 is 15.6 Å². The summed E-state index contributed by atoms with van der Waals surface area (Å²) >= 11 is 0. The third-order valence-electron chi connectivity index (χ3n) is 3.71. The SMILES string of the molecule is O=P(NCc1ccc(F)cc1)(NCc1ccc(F)cc1)c1cnccn1. The van der Waals surface area contributed by atoms with Gasteiger partial charge >= 0.3 is 0 Å². The molecule has 0 atom stereocenters. The van der Waals surface area contributed by atoms with Gasteiger partial charge in [0.2, 0.25) is 0 Å². The Morgan fingerprint density at radius 2 is 1.31 bits per heavy atom. The van der Waals surface area contributed by atoms with Crippen LogP contribution in [0.4, 0.5) is 8.78 Å². The van der Waals surface area contributed by atoms with E-state index in [0.29, 0.717) is 0 Å². The van der Waals surface area contributed by atoms with E-state index >= 15 is 0 Å². The van der Waals surface area contributed by atoms with Gasteiger partial charge in [0.25, 0.3) is 7.44 Å². The van der Waals surface area contributed by atoms with E-state index in [9.17, 15) is 13.3 Å². The van der Waals surface area contributed by atoms with Crippen molar-refractivity contribution in [1.82, 2.24) is 20.1 Å². The molecule has 0 aliphatic carbocycles. The van der Waals surface area contributed by atoms with E-state index in [0.717, 1.165) is 11.1 Å². The fourth-order valence-corrected chi connectivity index (χ4v) is 3.99. The molecule has 5 nitrogen and oxygen atoms in total. The first kappa shape index (κ1) is 18.3. The van der Waals surface area contributed by atoms with E-state index in [1.807, 2.05) is 0 Å². The van der Waals surface area contributed by atoms with Crippen LogP contribution in [0.25, 0.3) is 0 Å². The van der Waals surface area contributed by atoms with Crippen molar-refractivity contribution < 1.29 is 13.3 Å². The molecule has 1 aromatic heterocycles. The summed E-state index contributed by atoms with van der Waals surface area (Å²) in [4.78, 5) is 8.10. The maximum atomic E-state index is 13.4. The Balaban J connectivity index is 1.76. The molecule has 0 saturated heterocycles. The number of halogens is 2. The van der Waals surface area contributed by atoms with Gasteiger partial charge in [0.1, 0.15) is 17.1 Å². The van der Waals surface area contributed by atoms with Crippen LogP contribution in [-0.2, 0) is 17.7 Å². The maximum absolute atomic E-state index is 13.4. The number of hydrogen-bond donors (Lipinski definition) is 2. The van der Waals surface area contributed by atoms with Gasteiger partial charge in [-0.3, -0.25) is 9.55 Å².